The van der Waals surface area contributed by atoms with Crippen LogP contribution in [-0.4, -0.2) is 5.78 Å². The molecule has 0 bridgehead atoms. The third kappa shape index (κ3) is 2.69. The third-order valence-corrected chi connectivity index (χ3v) is 3.31. The fourth-order valence-electron chi connectivity index (χ4n) is 2.34. The number of ketones is 1. The molecule has 0 N–H and O–H groups in total. The Labute approximate surface area is 117 Å². The highest BCUT2D eigenvalue weighted by atomic mass is 35.5. The summed E-state index contributed by atoms with van der Waals surface area (Å²) in [6.07, 6.45) is 0. The molecule has 0 fully saturated rings. The first-order chi connectivity index (χ1) is 8.90. The summed E-state index contributed by atoms with van der Waals surface area (Å²) in [7, 11) is 0. The van der Waals surface area contributed by atoms with E-state index in [0.29, 0.717) is 10.6 Å². The number of hydrogen-bond donors (Lipinski definition) is 0. The average molecular weight is 277 g/mol. The Hall–Kier alpha value is -1.67. The smallest absolute Gasteiger partial charge is 0.196 e. The summed E-state index contributed by atoms with van der Waals surface area (Å²) >= 11 is 5.83. The van der Waals surface area contributed by atoms with Gasteiger partial charge in [-0.2, -0.15) is 0 Å². The highest BCUT2D eigenvalue weighted by molar-refractivity contribution is 6.31. The van der Waals surface area contributed by atoms with Crippen LogP contribution < -0.4 is 0 Å². The fraction of sp³-hybridized carbons (Fsp3) is 0.188. The quantitative estimate of drug-likeness (QED) is 0.731. The summed E-state index contributed by atoms with van der Waals surface area (Å²) in [5, 5.41) is 0.354. The molecule has 0 aliphatic rings. The first-order valence-electron chi connectivity index (χ1n) is 5.97. The van der Waals surface area contributed by atoms with Crippen LogP contribution in [0.25, 0.3) is 0 Å². The monoisotopic (exact) mass is 276 g/mol. The Morgan fingerprint density at radius 3 is 2.21 bits per heavy atom. The maximum Gasteiger partial charge on any atom is 0.196 e. The van der Waals surface area contributed by atoms with Crippen LogP contribution >= 0.6 is 11.6 Å². The van der Waals surface area contributed by atoms with Crippen molar-refractivity contribution in [1.82, 2.24) is 0 Å². The molecule has 0 atom stereocenters. The van der Waals surface area contributed by atoms with E-state index in [1.165, 1.54) is 18.2 Å². The van der Waals surface area contributed by atoms with Crippen LogP contribution in [0.3, 0.4) is 0 Å². The van der Waals surface area contributed by atoms with Crippen LogP contribution in [0.1, 0.15) is 32.6 Å². The van der Waals surface area contributed by atoms with E-state index in [9.17, 15) is 9.18 Å². The largest absolute Gasteiger partial charge is 0.288 e. The molecule has 0 aromatic heterocycles. The standard InChI is InChI=1S/C16H14ClFO/c1-9-6-10(2)15(11(3)7-9)16(19)13-8-12(17)4-5-14(13)18/h4-8H,1-3H3. The van der Waals surface area contributed by atoms with Crippen LogP contribution in [0, 0.1) is 26.6 Å². The molecule has 0 aliphatic carbocycles. The normalized spacial score (nSPS) is 10.6. The molecule has 0 spiro atoms. The van der Waals surface area contributed by atoms with Crippen molar-refractivity contribution in [3.05, 3.63) is 69.0 Å². The van der Waals surface area contributed by atoms with Crippen molar-refractivity contribution in [2.45, 2.75) is 20.8 Å². The Balaban J connectivity index is 2.59. The molecule has 0 radical (unpaired) electrons. The highest BCUT2D eigenvalue weighted by Crippen LogP contribution is 2.23. The van der Waals surface area contributed by atoms with Crippen LogP contribution in [0.2, 0.25) is 5.02 Å². The summed E-state index contributed by atoms with van der Waals surface area (Å²) in [6, 6.07) is 7.86. The van der Waals surface area contributed by atoms with Gasteiger partial charge in [-0.05, 0) is 50.1 Å². The number of hydrogen-bond acceptors (Lipinski definition) is 1. The van der Waals surface area contributed by atoms with Crippen molar-refractivity contribution in [3.8, 4) is 0 Å². The predicted octanol–water partition coefficient (Wildman–Crippen LogP) is 4.64. The van der Waals surface area contributed by atoms with Crippen molar-refractivity contribution in [3.63, 3.8) is 0 Å². The molecular weight excluding hydrogens is 263 g/mol. The second kappa shape index (κ2) is 5.14. The Bertz CT molecular complexity index is 639. The molecule has 0 amide bonds. The minimum atomic E-state index is -0.547. The summed E-state index contributed by atoms with van der Waals surface area (Å²) in [5.74, 6) is -0.872. The summed E-state index contributed by atoms with van der Waals surface area (Å²) < 4.78 is 13.8. The van der Waals surface area contributed by atoms with Crippen LogP contribution in [0.4, 0.5) is 4.39 Å². The Morgan fingerprint density at radius 1 is 1.05 bits per heavy atom. The zero-order valence-corrected chi connectivity index (χ0v) is 11.8. The number of carbonyl (C=O) groups excluding carboxylic acids is 1. The maximum absolute atomic E-state index is 13.8. The number of halogens is 2. The van der Waals surface area contributed by atoms with E-state index >= 15 is 0 Å². The maximum atomic E-state index is 13.8. The molecule has 0 saturated heterocycles. The van der Waals surface area contributed by atoms with Crippen molar-refractivity contribution >= 4 is 17.4 Å². The van der Waals surface area contributed by atoms with Gasteiger partial charge in [-0.25, -0.2) is 4.39 Å². The van der Waals surface area contributed by atoms with E-state index in [2.05, 4.69) is 0 Å². The second-order valence-corrected chi connectivity index (χ2v) is 5.16. The van der Waals surface area contributed by atoms with Crippen molar-refractivity contribution in [2.24, 2.45) is 0 Å². The van der Waals surface area contributed by atoms with Gasteiger partial charge in [0.1, 0.15) is 5.82 Å². The minimum absolute atomic E-state index is 0.0163. The first kappa shape index (κ1) is 13.8. The van der Waals surface area contributed by atoms with Crippen molar-refractivity contribution in [2.75, 3.05) is 0 Å². The molecule has 0 unspecified atom stereocenters. The molecular formula is C16H14ClFO. The lowest BCUT2D eigenvalue weighted by molar-refractivity contribution is 0.103. The van der Waals surface area contributed by atoms with E-state index in [0.717, 1.165) is 16.7 Å². The van der Waals surface area contributed by atoms with Crippen LogP contribution in [0.5, 0.6) is 0 Å². The SMILES string of the molecule is Cc1cc(C)c(C(=O)c2cc(Cl)ccc2F)c(C)c1. The van der Waals surface area contributed by atoms with Gasteiger partial charge in [0.15, 0.2) is 5.78 Å². The van der Waals surface area contributed by atoms with Crippen LogP contribution in [-0.2, 0) is 0 Å². The molecule has 0 saturated carbocycles. The van der Waals surface area contributed by atoms with Gasteiger partial charge >= 0.3 is 0 Å². The molecule has 0 aliphatic heterocycles. The molecule has 3 heteroatoms. The van der Waals surface area contributed by atoms with Crippen molar-refractivity contribution < 1.29 is 9.18 Å². The lowest BCUT2D eigenvalue weighted by atomic mass is 9.93. The molecule has 1 nitrogen and oxygen atoms in total. The van der Waals surface area contributed by atoms with Gasteiger partial charge < -0.3 is 0 Å². The number of benzene rings is 2. The van der Waals surface area contributed by atoms with E-state index in [-0.39, 0.29) is 11.3 Å². The van der Waals surface area contributed by atoms with E-state index in [1.54, 1.807) is 0 Å². The molecule has 0 heterocycles. The number of aryl methyl sites for hydroxylation is 3. The Kier molecular flexibility index (Phi) is 3.72. The van der Waals surface area contributed by atoms with Gasteiger partial charge in [0.2, 0.25) is 0 Å². The van der Waals surface area contributed by atoms with Gasteiger partial charge in [0, 0.05) is 10.6 Å². The molecule has 2 aromatic rings. The molecule has 98 valence electrons. The lowest BCUT2D eigenvalue weighted by Gasteiger charge is -2.11. The summed E-state index contributed by atoms with van der Waals surface area (Å²) in [4.78, 5) is 12.5. The topological polar surface area (TPSA) is 17.1 Å². The van der Waals surface area contributed by atoms with Gasteiger partial charge in [0.25, 0.3) is 0 Å². The van der Waals surface area contributed by atoms with E-state index in [4.69, 9.17) is 11.6 Å². The summed E-state index contributed by atoms with van der Waals surface area (Å²) in [6.45, 7) is 5.68. The van der Waals surface area contributed by atoms with Crippen LogP contribution in [0.15, 0.2) is 30.3 Å². The second-order valence-electron chi connectivity index (χ2n) is 4.73. The molecule has 19 heavy (non-hydrogen) atoms. The average Bonchev–Trinajstić information content (AvgIpc) is 2.30. The van der Waals surface area contributed by atoms with E-state index in [1.807, 2.05) is 32.9 Å². The third-order valence-electron chi connectivity index (χ3n) is 3.08. The van der Waals surface area contributed by atoms with Gasteiger partial charge in [-0.15, -0.1) is 0 Å². The predicted molar refractivity (Wildman–Crippen MR) is 75.5 cm³/mol. The Morgan fingerprint density at radius 2 is 1.63 bits per heavy atom. The first-order valence-corrected chi connectivity index (χ1v) is 6.35. The molecule has 2 rings (SSSR count). The van der Waals surface area contributed by atoms with E-state index < -0.39 is 5.82 Å². The number of rotatable bonds is 2. The van der Waals surface area contributed by atoms with Gasteiger partial charge in [-0.1, -0.05) is 29.3 Å². The minimum Gasteiger partial charge on any atom is -0.288 e. The zero-order valence-electron chi connectivity index (χ0n) is 11.1. The van der Waals surface area contributed by atoms with Gasteiger partial charge in [-0.3, -0.25) is 4.79 Å². The van der Waals surface area contributed by atoms with Gasteiger partial charge in [0.05, 0.1) is 5.56 Å². The molecule has 2 aromatic carbocycles. The summed E-state index contributed by atoms with van der Waals surface area (Å²) in [5.41, 5.74) is 3.34. The van der Waals surface area contributed by atoms with Crippen molar-refractivity contribution in [1.29, 1.82) is 0 Å². The fourth-order valence-corrected chi connectivity index (χ4v) is 2.52. The highest BCUT2D eigenvalue weighted by Gasteiger charge is 2.18. The lowest BCUT2D eigenvalue weighted by Crippen LogP contribution is -2.09. The number of carbonyl (C=O) groups is 1. The zero-order chi connectivity index (χ0) is 14.2.